The number of carboxylic acid groups (broad SMARTS) is 1. The van der Waals surface area contributed by atoms with E-state index in [9.17, 15) is 24.9 Å². The maximum atomic E-state index is 12.8. The third kappa shape index (κ3) is 2.86. The van der Waals surface area contributed by atoms with Crippen LogP contribution in [0.3, 0.4) is 0 Å². The first-order valence-corrected chi connectivity index (χ1v) is 7.37. The van der Waals surface area contributed by atoms with Crippen LogP contribution in [0.2, 0.25) is 0 Å². The minimum Gasteiger partial charge on any atom is -0.508 e. The van der Waals surface area contributed by atoms with E-state index in [-0.39, 0.29) is 22.3 Å². The van der Waals surface area contributed by atoms with Crippen LogP contribution in [0.4, 0.5) is 0 Å². The number of aromatic hydroxyl groups is 3. The summed E-state index contributed by atoms with van der Waals surface area (Å²) in [5.74, 6) is -2.37. The molecule has 0 aliphatic heterocycles. The van der Waals surface area contributed by atoms with E-state index < -0.39 is 35.3 Å². The molecule has 0 unspecified atom stereocenters. The Labute approximate surface area is 146 Å². The highest BCUT2D eigenvalue weighted by Gasteiger charge is 2.21. The van der Waals surface area contributed by atoms with Gasteiger partial charge < -0.3 is 25.2 Å². The van der Waals surface area contributed by atoms with E-state index >= 15 is 0 Å². The van der Waals surface area contributed by atoms with Crippen LogP contribution in [0.15, 0.2) is 35.1 Å². The van der Waals surface area contributed by atoms with Gasteiger partial charge in [-0.15, -0.1) is 0 Å². The first kappa shape index (κ1) is 17.1. The smallest absolute Gasteiger partial charge is 0.323 e. The van der Waals surface area contributed by atoms with Gasteiger partial charge >= 0.3 is 5.97 Å². The Balaban J connectivity index is 2.41. The number of aliphatic carboxylic acids is 1. The fourth-order valence-corrected chi connectivity index (χ4v) is 2.65. The van der Waals surface area contributed by atoms with E-state index in [1.54, 1.807) is 6.07 Å². The molecule has 0 bridgehead atoms. The van der Waals surface area contributed by atoms with Crippen molar-refractivity contribution in [3.63, 3.8) is 0 Å². The summed E-state index contributed by atoms with van der Waals surface area (Å²) >= 11 is 0. The predicted octanol–water partition coefficient (Wildman–Crippen LogP) is 1.27. The van der Waals surface area contributed by atoms with E-state index in [0.29, 0.717) is 5.75 Å². The fourth-order valence-electron chi connectivity index (χ4n) is 2.65. The lowest BCUT2D eigenvalue weighted by atomic mass is 10.1. The number of phenolic OH excluding ortho intramolecular Hbond substituents is 3. The van der Waals surface area contributed by atoms with Crippen molar-refractivity contribution >= 4 is 17.0 Å². The lowest BCUT2D eigenvalue weighted by Crippen LogP contribution is -2.27. The van der Waals surface area contributed by atoms with Crippen LogP contribution in [0.1, 0.15) is 0 Å². The molecule has 4 N–H and O–H groups in total. The van der Waals surface area contributed by atoms with Crippen molar-refractivity contribution in [2.45, 2.75) is 6.54 Å². The number of carbonyl (C=O) groups is 1. The maximum absolute atomic E-state index is 12.8. The van der Waals surface area contributed by atoms with Crippen LogP contribution < -0.4 is 10.3 Å². The molecule has 2 aromatic carbocycles. The minimum absolute atomic E-state index is 0.229. The maximum Gasteiger partial charge on any atom is 0.323 e. The average Bonchev–Trinajstić information content (AvgIpc) is 2.56. The number of fused-ring (bicyclic) bond motifs is 1. The molecule has 0 saturated heterocycles. The lowest BCUT2D eigenvalue weighted by molar-refractivity contribution is -0.137. The normalized spacial score (nSPS) is 10.8. The van der Waals surface area contributed by atoms with Crippen molar-refractivity contribution in [2.75, 3.05) is 7.11 Å². The predicted molar refractivity (Wildman–Crippen MR) is 90.6 cm³/mol. The summed E-state index contributed by atoms with van der Waals surface area (Å²) < 4.78 is 6.07. The van der Waals surface area contributed by atoms with Crippen molar-refractivity contribution in [2.24, 2.45) is 0 Å². The number of aromatic nitrogens is 2. The number of phenols is 3. The van der Waals surface area contributed by atoms with Gasteiger partial charge in [0.1, 0.15) is 35.2 Å². The van der Waals surface area contributed by atoms with Crippen LogP contribution in [0.25, 0.3) is 22.3 Å². The van der Waals surface area contributed by atoms with Gasteiger partial charge in [0.05, 0.1) is 23.7 Å². The molecule has 0 aliphatic carbocycles. The molecule has 3 rings (SSSR count). The highest BCUT2D eigenvalue weighted by Crippen LogP contribution is 2.38. The van der Waals surface area contributed by atoms with Gasteiger partial charge in [-0.25, -0.2) is 4.98 Å². The average molecular weight is 358 g/mol. The fraction of sp³-hybridized carbons (Fsp3) is 0.118. The number of benzene rings is 2. The summed E-state index contributed by atoms with van der Waals surface area (Å²) in [6, 6.07) is 6.41. The standard InChI is InChI=1S/C17H14N2O7/c1-26-9-2-3-11-10(6-9)18-16(17(25)19(11)7-14(23)24)15-12(21)4-8(20)5-13(15)22/h2-6,20-22H,7H2,1H3,(H,23,24). The second-order valence-electron chi connectivity index (χ2n) is 5.46. The molecule has 1 aromatic heterocycles. The number of nitrogens with zero attached hydrogens (tertiary/aromatic N) is 2. The van der Waals surface area contributed by atoms with Crippen LogP contribution in [0, 0.1) is 0 Å². The summed E-state index contributed by atoms with van der Waals surface area (Å²) in [5, 5.41) is 38.6. The molecule has 0 radical (unpaired) electrons. The zero-order chi connectivity index (χ0) is 19.0. The molecule has 0 spiro atoms. The van der Waals surface area contributed by atoms with Gasteiger partial charge in [-0.1, -0.05) is 0 Å². The molecule has 0 aliphatic rings. The van der Waals surface area contributed by atoms with Crippen molar-refractivity contribution in [1.82, 2.24) is 9.55 Å². The van der Waals surface area contributed by atoms with Crippen molar-refractivity contribution < 1.29 is 30.0 Å². The summed E-state index contributed by atoms with van der Waals surface area (Å²) in [4.78, 5) is 28.1. The molecular weight excluding hydrogens is 344 g/mol. The number of carboxylic acids is 1. The van der Waals surface area contributed by atoms with E-state index in [2.05, 4.69) is 4.98 Å². The molecule has 26 heavy (non-hydrogen) atoms. The Bertz CT molecular complexity index is 1070. The largest absolute Gasteiger partial charge is 0.508 e. The number of methoxy groups -OCH3 is 1. The molecule has 0 atom stereocenters. The van der Waals surface area contributed by atoms with Gasteiger partial charge in [0.2, 0.25) is 0 Å². The Morgan fingerprint density at radius 3 is 2.38 bits per heavy atom. The summed E-state index contributed by atoms with van der Waals surface area (Å²) in [5.41, 5.74) is -1.01. The van der Waals surface area contributed by atoms with Crippen molar-refractivity contribution in [3.05, 3.63) is 40.7 Å². The van der Waals surface area contributed by atoms with E-state index in [1.165, 1.54) is 19.2 Å². The van der Waals surface area contributed by atoms with Gasteiger partial charge in [-0.2, -0.15) is 0 Å². The number of rotatable bonds is 4. The van der Waals surface area contributed by atoms with Gasteiger partial charge in [-0.3, -0.25) is 14.2 Å². The van der Waals surface area contributed by atoms with Crippen LogP contribution in [-0.4, -0.2) is 43.1 Å². The SMILES string of the molecule is COc1ccc2c(c1)nc(-c1c(O)cc(O)cc1O)c(=O)n2CC(=O)O. The number of hydrogen-bond donors (Lipinski definition) is 4. The van der Waals surface area contributed by atoms with E-state index in [4.69, 9.17) is 9.84 Å². The Kier molecular flexibility index (Phi) is 4.13. The lowest BCUT2D eigenvalue weighted by Gasteiger charge is -2.13. The summed E-state index contributed by atoms with van der Waals surface area (Å²) in [6.45, 7) is -0.642. The second kappa shape index (κ2) is 6.28. The topological polar surface area (TPSA) is 142 Å². The minimum atomic E-state index is -1.25. The summed E-state index contributed by atoms with van der Waals surface area (Å²) in [7, 11) is 1.44. The van der Waals surface area contributed by atoms with Gasteiger partial charge in [0.15, 0.2) is 0 Å². The molecular formula is C17H14N2O7. The molecule has 1 heterocycles. The highest BCUT2D eigenvalue weighted by molar-refractivity contribution is 5.83. The van der Waals surface area contributed by atoms with Gasteiger partial charge in [0.25, 0.3) is 5.56 Å². The molecule has 0 fully saturated rings. The third-order valence-electron chi connectivity index (χ3n) is 3.77. The first-order chi connectivity index (χ1) is 12.3. The Hall–Kier alpha value is -3.75. The molecule has 9 heteroatoms. The van der Waals surface area contributed by atoms with Crippen molar-refractivity contribution in [1.29, 1.82) is 0 Å². The molecule has 134 valence electrons. The Morgan fingerprint density at radius 2 is 1.81 bits per heavy atom. The van der Waals surface area contributed by atoms with Crippen molar-refractivity contribution in [3.8, 4) is 34.3 Å². The van der Waals surface area contributed by atoms with E-state index in [1.807, 2.05) is 0 Å². The number of hydrogen-bond acceptors (Lipinski definition) is 7. The van der Waals surface area contributed by atoms with Crippen LogP contribution in [0.5, 0.6) is 23.0 Å². The van der Waals surface area contributed by atoms with Crippen LogP contribution in [-0.2, 0) is 11.3 Å². The molecule has 9 nitrogen and oxygen atoms in total. The zero-order valence-electron chi connectivity index (χ0n) is 13.5. The van der Waals surface area contributed by atoms with Gasteiger partial charge in [0, 0.05) is 18.2 Å². The summed E-state index contributed by atoms with van der Waals surface area (Å²) in [6.07, 6.45) is 0. The zero-order valence-corrected chi connectivity index (χ0v) is 13.5. The number of ether oxygens (including phenoxy) is 1. The quantitative estimate of drug-likeness (QED) is 0.546. The van der Waals surface area contributed by atoms with Crippen LogP contribution >= 0.6 is 0 Å². The highest BCUT2D eigenvalue weighted by atomic mass is 16.5. The monoisotopic (exact) mass is 358 g/mol. The molecule has 0 amide bonds. The Morgan fingerprint density at radius 1 is 1.15 bits per heavy atom. The molecule has 3 aromatic rings. The van der Waals surface area contributed by atoms with E-state index in [0.717, 1.165) is 16.7 Å². The third-order valence-corrected chi connectivity index (χ3v) is 3.77. The second-order valence-corrected chi connectivity index (χ2v) is 5.46. The van der Waals surface area contributed by atoms with Gasteiger partial charge in [-0.05, 0) is 12.1 Å². The first-order valence-electron chi connectivity index (χ1n) is 7.37. The molecule has 0 saturated carbocycles.